The molecule has 0 radical (unpaired) electrons. The van der Waals surface area contributed by atoms with Gasteiger partial charge in [-0.3, -0.25) is 4.79 Å². The molecule has 2 aromatic carbocycles. The lowest BCUT2D eigenvalue weighted by molar-refractivity contribution is 0.0600. The second kappa shape index (κ2) is 6.92. The van der Waals surface area contributed by atoms with Crippen LogP contribution in [-0.2, 0) is 4.74 Å². The summed E-state index contributed by atoms with van der Waals surface area (Å²) in [5.74, 6) is 0.322. The fraction of sp³-hybridized carbons (Fsp3) is 0.176. The van der Waals surface area contributed by atoms with Gasteiger partial charge in [-0.1, -0.05) is 6.07 Å². The van der Waals surface area contributed by atoms with Crippen molar-refractivity contribution in [1.82, 2.24) is 0 Å². The van der Waals surface area contributed by atoms with Crippen LogP contribution in [0.1, 0.15) is 20.7 Å². The second-order valence-corrected chi connectivity index (χ2v) is 5.86. The Kier molecular flexibility index (Phi) is 4.71. The first kappa shape index (κ1) is 16.3. The highest BCUT2D eigenvalue weighted by Crippen LogP contribution is 2.35. The average Bonchev–Trinajstić information content (AvgIpc) is 2.60. The number of nitrogens with one attached hydrogen (secondary N) is 1. The maximum atomic E-state index is 12.5. The number of carbonyl (C=O) groups excluding carboxylic acids is 2. The van der Waals surface area contributed by atoms with Crippen LogP contribution in [0, 0.1) is 0 Å². The van der Waals surface area contributed by atoms with E-state index < -0.39 is 5.97 Å². The van der Waals surface area contributed by atoms with Gasteiger partial charge in [0.2, 0.25) is 0 Å². The maximum absolute atomic E-state index is 12.5. The van der Waals surface area contributed by atoms with E-state index in [4.69, 9.17) is 9.47 Å². The van der Waals surface area contributed by atoms with Crippen molar-refractivity contribution < 1.29 is 23.8 Å². The van der Waals surface area contributed by atoms with Gasteiger partial charge in [-0.2, -0.15) is 0 Å². The molecular formula is C17H14BrNO5. The molecule has 1 aliphatic rings. The molecule has 0 unspecified atom stereocenters. The summed E-state index contributed by atoms with van der Waals surface area (Å²) in [6, 6.07) is 9.85. The summed E-state index contributed by atoms with van der Waals surface area (Å²) in [6.07, 6.45) is 0. The Morgan fingerprint density at radius 1 is 1.12 bits per heavy atom. The number of anilines is 1. The van der Waals surface area contributed by atoms with E-state index in [2.05, 4.69) is 26.0 Å². The fourth-order valence-corrected chi connectivity index (χ4v) is 2.78. The zero-order valence-electron chi connectivity index (χ0n) is 12.8. The average molecular weight is 392 g/mol. The zero-order chi connectivity index (χ0) is 17.1. The van der Waals surface area contributed by atoms with Gasteiger partial charge in [0, 0.05) is 10.2 Å². The molecule has 6 nitrogen and oxygen atoms in total. The summed E-state index contributed by atoms with van der Waals surface area (Å²) in [5.41, 5.74) is 1.25. The van der Waals surface area contributed by atoms with Crippen LogP contribution in [0.2, 0.25) is 0 Å². The van der Waals surface area contributed by atoms with Crippen LogP contribution in [0.4, 0.5) is 5.69 Å². The Hall–Kier alpha value is -2.54. The van der Waals surface area contributed by atoms with E-state index in [1.807, 2.05) is 0 Å². The van der Waals surface area contributed by atoms with Gasteiger partial charge in [-0.15, -0.1) is 0 Å². The quantitative estimate of drug-likeness (QED) is 0.812. The lowest BCUT2D eigenvalue weighted by Crippen LogP contribution is -2.18. The molecule has 3 rings (SSSR count). The molecule has 24 heavy (non-hydrogen) atoms. The Labute approximate surface area is 146 Å². The number of ether oxygens (including phenoxy) is 3. The molecule has 0 aliphatic carbocycles. The maximum Gasteiger partial charge on any atom is 0.337 e. The van der Waals surface area contributed by atoms with Gasteiger partial charge >= 0.3 is 5.97 Å². The summed E-state index contributed by atoms with van der Waals surface area (Å²) in [5, 5.41) is 2.75. The molecule has 0 aromatic heterocycles. The highest BCUT2D eigenvalue weighted by atomic mass is 79.9. The topological polar surface area (TPSA) is 73.9 Å². The fourth-order valence-electron chi connectivity index (χ4n) is 2.28. The standard InChI is InChI=1S/C17H14BrNO5/c1-22-17(21)10-3-2-4-11(7-10)19-16(20)12-8-14-15(9-13(12)18)24-6-5-23-14/h2-4,7-9H,5-6H2,1H3,(H,19,20). The molecule has 7 heteroatoms. The number of amides is 1. The first-order valence-corrected chi connectivity index (χ1v) is 7.96. The second-order valence-electron chi connectivity index (χ2n) is 5.00. The minimum atomic E-state index is -0.466. The van der Waals surface area contributed by atoms with Crippen molar-refractivity contribution in [2.45, 2.75) is 0 Å². The number of benzene rings is 2. The predicted octanol–water partition coefficient (Wildman–Crippen LogP) is 3.26. The number of methoxy groups -OCH3 is 1. The lowest BCUT2D eigenvalue weighted by atomic mass is 10.1. The highest BCUT2D eigenvalue weighted by molar-refractivity contribution is 9.10. The van der Waals surface area contributed by atoms with E-state index in [0.717, 1.165) is 0 Å². The van der Waals surface area contributed by atoms with Crippen LogP contribution in [-0.4, -0.2) is 32.2 Å². The monoisotopic (exact) mass is 391 g/mol. The predicted molar refractivity (Wildman–Crippen MR) is 90.9 cm³/mol. The van der Waals surface area contributed by atoms with Crippen molar-refractivity contribution in [1.29, 1.82) is 0 Å². The van der Waals surface area contributed by atoms with E-state index in [9.17, 15) is 9.59 Å². The summed E-state index contributed by atoms with van der Waals surface area (Å²) in [6.45, 7) is 0.919. The van der Waals surface area contributed by atoms with Gasteiger partial charge in [-0.05, 0) is 46.3 Å². The zero-order valence-corrected chi connectivity index (χ0v) is 14.4. The SMILES string of the molecule is COC(=O)c1cccc(NC(=O)c2cc3c(cc2Br)OCCO3)c1. The van der Waals surface area contributed by atoms with Crippen molar-refractivity contribution in [3.05, 3.63) is 52.0 Å². The molecule has 0 saturated heterocycles. The van der Waals surface area contributed by atoms with Gasteiger partial charge in [0.1, 0.15) is 13.2 Å². The first-order chi connectivity index (χ1) is 11.6. The molecule has 0 fully saturated rings. The number of hydrogen-bond acceptors (Lipinski definition) is 5. The van der Waals surface area contributed by atoms with Gasteiger partial charge in [0.15, 0.2) is 11.5 Å². The Morgan fingerprint density at radius 3 is 2.54 bits per heavy atom. The van der Waals surface area contributed by atoms with Crippen LogP contribution in [0.3, 0.4) is 0 Å². The summed E-state index contributed by atoms with van der Waals surface area (Å²) < 4.78 is 16.2. The van der Waals surface area contributed by atoms with Crippen molar-refractivity contribution in [2.24, 2.45) is 0 Å². The summed E-state index contributed by atoms with van der Waals surface area (Å²) in [4.78, 5) is 24.1. The van der Waals surface area contributed by atoms with Gasteiger partial charge in [-0.25, -0.2) is 4.79 Å². The lowest BCUT2D eigenvalue weighted by Gasteiger charge is -2.19. The van der Waals surface area contributed by atoms with Crippen molar-refractivity contribution in [2.75, 3.05) is 25.6 Å². The molecule has 0 spiro atoms. The third-order valence-corrected chi connectivity index (χ3v) is 4.07. The number of rotatable bonds is 3. The van der Waals surface area contributed by atoms with Crippen molar-refractivity contribution in [3.8, 4) is 11.5 Å². The third-order valence-electron chi connectivity index (χ3n) is 3.42. The molecular weight excluding hydrogens is 378 g/mol. The number of esters is 1. The van der Waals surface area contributed by atoms with Gasteiger partial charge in [0.25, 0.3) is 5.91 Å². The number of hydrogen-bond donors (Lipinski definition) is 1. The first-order valence-electron chi connectivity index (χ1n) is 7.17. The van der Waals surface area contributed by atoms with E-state index in [1.165, 1.54) is 7.11 Å². The van der Waals surface area contributed by atoms with E-state index in [-0.39, 0.29) is 5.91 Å². The molecule has 1 N–H and O–H groups in total. The van der Waals surface area contributed by atoms with Crippen LogP contribution in [0.5, 0.6) is 11.5 Å². The Bertz CT molecular complexity index is 806. The summed E-state index contributed by atoms with van der Waals surface area (Å²) in [7, 11) is 1.31. The minimum Gasteiger partial charge on any atom is -0.486 e. The largest absolute Gasteiger partial charge is 0.486 e. The van der Waals surface area contributed by atoms with Crippen LogP contribution in [0.25, 0.3) is 0 Å². The van der Waals surface area contributed by atoms with Crippen LogP contribution < -0.4 is 14.8 Å². The van der Waals surface area contributed by atoms with Crippen molar-refractivity contribution >= 4 is 33.5 Å². The molecule has 1 amide bonds. The molecule has 0 bridgehead atoms. The molecule has 2 aromatic rings. The minimum absolute atomic E-state index is 0.333. The van der Waals surface area contributed by atoms with Crippen LogP contribution >= 0.6 is 15.9 Å². The van der Waals surface area contributed by atoms with E-state index in [1.54, 1.807) is 36.4 Å². The van der Waals surface area contributed by atoms with Gasteiger partial charge in [0.05, 0.1) is 18.2 Å². The summed E-state index contributed by atoms with van der Waals surface area (Å²) >= 11 is 3.37. The number of halogens is 1. The van der Waals surface area contributed by atoms with Crippen LogP contribution in [0.15, 0.2) is 40.9 Å². The van der Waals surface area contributed by atoms with E-state index in [0.29, 0.717) is 46.0 Å². The molecule has 124 valence electrons. The highest BCUT2D eigenvalue weighted by Gasteiger charge is 2.19. The Morgan fingerprint density at radius 2 is 1.83 bits per heavy atom. The number of carbonyl (C=O) groups is 2. The molecule has 0 saturated carbocycles. The van der Waals surface area contributed by atoms with Crippen molar-refractivity contribution in [3.63, 3.8) is 0 Å². The Balaban J connectivity index is 1.84. The third kappa shape index (κ3) is 3.35. The number of fused-ring (bicyclic) bond motifs is 1. The molecule has 1 aliphatic heterocycles. The van der Waals surface area contributed by atoms with Gasteiger partial charge < -0.3 is 19.5 Å². The smallest absolute Gasteiger partial charge is 0.337 e. The van der Waals surface area contributed by atoms with E-state index >= 15 is 0 Å². The normalized spacial score (nSPS) is 12.4. The molecule has 1 heterocycles. The molecule has 0 atom stereocenters.